The molecule has 11 rings (SSSR count). The molecular formula is C64H60IrN6OSi-2. The van der Waals surface area contributed by atoms with Crippen molar-refractivity contribution in [2.45, 2.75) is 93.3 Å². The van der Waals surface area contributed by atoms with Gasteiger partial charge in [0.2, 0.25) is 5.71 Å². The van der Waals surface area contributed by atoms with Crippen LogP contribution in [0.15, 0.2) is 144 Å². The number of aryl methyl sites for hydroxylation is 1. The SMILES string of the molecule is CC(C)(C)Cc1cc(-c2[c-]cccc2)ncc1[Si](C)(C)C.Cc1ccc2ccc3nc(-c4[c-]ccc5c4oc4nc(C#N)ccc45)n(-c4c(C(C)C)cc(-c5ccc6ccccc6c5)cc4C(C)C)c3c2n1.[Ir]. The van der Waals surface area contributed by atoms with Crippen LogP contribution in [0, 0.1) is 35.8 Å². The van der Waals surface area contributed by atoms with Gasteiger partial charge in [-0.05, 0) is 117 Å². The van der Waals surface area contributed by atoms with Crippen LogP contribution in [0.3, 0.4) is 0 Å². The molecule has 0 aliphatic carbocycles. The molecule has 367 valence electrons. The molecule has 0 saturated carbocycles. The van der Waals surface area contributed by atoms with Crippen LogP contribution < -0.4 is 5.19 Å². The van der Waals surface area contributed by atoms with E-state index < -0.39 is 8.07 Å². The Morgan fingerprint density at radius 2 is 1.42 bits per heavy atom. The van der Waals surface area contributed by atoms with E-state index in [1.165, 1.54) is 43.8 Å². The Hall–Kier alpha value is -7.08. The van der Waals surface area contributed by atoms with E-state index in [2.05, 4.69) is 193 Å². The summed E-state index contributed by atoms with van der Waals surface area (Å²) in [4.78, 5) is 19.7. The number of fused-ring (bicyclic) bond motifs is 7. The maximum Gasteiger partial charge on any atom is 0.217 e. The first-order chi connectivity index (χ1) is 34.4. The minimum atomic E-state index is -1.37. The quantitative estimate of drug-likeness (QED) is 0.111. The Balaban J connectivity index is 0.000000251. The largest absolute Gasteiger partial charge is 0.486 e. The van der Waals surface area contributed by atoms with Crippen molar-refractivity contribution in [2.24, 2.45) is 5.41 Å². The van der Waals surface area contributed by atoms with Crippen molar-refractivity contribution in [3.05, 3.63) is 180 Å². The smallest absolute Gasteiger partial charge is 0.217 e. The Morgan fingerprint density at radius 3 is 2.11 bits per heavy atom. The number of nitrogens with zero attached hydrogens (tertiary/aromatic N) is 6. The van der Waals surface area contributed by atoms with Gasteiger partial charge in [-0.3, -0.25) is 9.97 Å². The molecule has 0 N–H and O–H groups in total. The first-order valence-electron chi connectivity index (χ1n) is 25.0. The Kier molecular flexibility index (Phi) is 14.0. The van der Waals surface area contributed by atoms with Gasteiger partial charge in [-0.15, -0.1) is 54.1 Å². The van der Waals surface area contributed by atoms with Crippen molar-refractivity contribution in [3.63, 3.8) is 0 Å². The van der Waals surface area contributed by atoms with Crippen molar-refractivity contribution < 1.29 is 24.5 Å². The molecule has 5 aromatic heterocycles. The number of benzene rings is 6. The summed E-state index contributed by atoms with van der Waals surface area (Å²) in [5.41, 5.74) is 15.5. The molecule has 1 radical (unpaired) electrons. The van der Waals surface area contributed by atoms with Crippen LogP contribution in [0.4, 0.5) is 0 Å². The summed E-state index contributed by atoms with van der Waals surface area (Å²) in [5.74, 6) is 1.09. The third kappa shape index (κ3) is 10.0. The summed E-state index contributed by atoms with van der Waals surface area (Å²) in [7, 11) is -1.37. The number of hydrogen-bond donors (Lipinski definition) is 0. The van der Waals surface area contributed by atoms with Crippen LogP contribution in [-0.2, 0) is 26.5 Å². The van der Waals surface area contributed by atoms with Gasteiger partial charge in [0.15, 0.2) is 0 Å². The molecule has 9 heteroatoms. The molecule has 0 aliphatic heterocycles. The van der Waals surface area contributed by atoms with E-state index in [4.69, 9.17) is 19.4 Å². The molecule has 0 amide bonds. The molecule has 0 unspecified atom stereocenters. The number of pyridine rings is 3. The zero-order valence-corrected chi connectivity index (χ0v) is 47.0. The van der Waals surface area contributed by atoms with E-state index in [1.807, 2.05) is 43.3 Å². The molecular weight excluding hydrogens is 1090 g/mol. The van der Waals surface area contributed by atoms with Gasteiger partial charge in [-0.1, -0.05) is 139 Å². The number of aromatic nitrogens is 5. The topological polar surface area (TPSA) is 93.4 Å². The van der Waals surface area contributed by atoms with Gasteiger partial charge in [0, 0.05) is 48.5 Å². The number of rotatable bonds is 8. The standard InChI is InChI=1S/C45H34N5O.C19H26NSi.Ir/c1-25(2)37-22-32(31-16-15-28-9-6-7-10-30(28)21-31)23-38(26(3)4)41(37)50-42-39(20-17-29-14-13-27(5)47-40(29)42)49-44(50)36-12-8-11-34-35-19-18-33(24-46)48-45(35)51-43(34)36;1-19(2,3)13-16-12-17(15-10-8-7-9-11-15)20-14-18(16)21(4,5)6;/h6-11,13-23,25-26H,1-5H3;7-10,12,14H,13H2,1-6H3;/q2*-1;. The summed E-state index contributed by atoms with van der Waals surface area (Å²) in [6.07, 6.45) is 3.21. The second-order valence-electron chi connectivity index (χ2n) is 22.0. The van der Waals surface area contributed by atoms with Crippen LogP contribution in [0.25, 0.3) is 94.2 Å². The van der Waals surface area contributed by atoms with Gasteiger partial charge >= 0.3 is 0 Å². The molecule has 0 saturated heterocycles. The van der Waals surface area contributed by atoms with E-state index in [9.17, 15) is 5.26 Å². The summed E-state index contributed by atoms with van der Waals surface area (Å²) in [5, 5.41) is 16.3. The third-order valence-electron chi connectivity index (χ3n) is 13.5. The zero-order valence-electron chi connectivity index (χ0n) is 43.6. The van der Waals surface area contributed by atoms with E-state index >= 15 is 0 Å². The van der Waals surface area contributed by atoms with Gasteiger partial charge in [-0.2, -0.15) is 5.26 Å². The number of furan rings is 1. The number of imidazole rings is 1. The Morgan fingerprint density at radius 1 is 0.712 bits per heavy atom. The predicted molar refractivity (Wildman–Crippen MR) is 301 cm³/mol. The zero-order chi connectivity index (χ0) is 50.6. The van der Waals surface area contributed by atoms with Gasteiger partial charge < -0.3 is 14.0 Å². The summed E-state index contributed by atoms with van der Waals surface area (Å²) < 4.78 is 8.79. The van der Waals surface area contributed by atoms with Crippen molar-refractivity contribution in [1.82, 2.24) is 24.5 Å². The van der Waals surface area contributed by atoms with E-state index in [0.29, 0.717) is 22.8 Å². The molecule has 0 bridgehead atoms. The van der Waals surface area contributed by atoms with Crippen LogP contribution in [0.5, 0.6) is 0 Å². The maximum absolute atomic E-state index is 9.55. The van der Waals surface area contributed by atoms with Crippen molar-refractivity contribution >= 4 is 68.0 Å². The second-order valence-corrected chi connectivity index (χ2v) is 27.0. The molecule has 11 aromatic rings. The van der Waals surface area contributed by atoms with E-state index in [-0.39, 0.29) is 37.4 Å². The van der Waals surface area contributed by atoms with Crippen LogP contribution in [0.1, 0.15) is 88.4 Å². The van der Waals surface area contributed by atoms with Gasteiger partial charge in [-0.25, -0.2) is 4.98 Å². The van der Waals surface area contributed by atoms with Crippen molar-refractivity contribution in [1.29, 1.82) is 5.26 Å². The average molecular weight is 1150 g/mol. The Bertz CT molecular complexity index is 3880. The molecule has 73 heavy (non-hydrogen) atoms. The summed E-state index contributed by atoms with van der Waals surface area (Å²) in [6.45, 7) is 25.2. The fourth-order valence-corrected chi connectivity index (χ4v) is 11.6. The molecule has 0 fully saturated rings. The monoisotopic (exact) mass is 1150 g/mol. The van der Waals surface area contributed by atoms with Crippen LogP contribution in [0.2, 0.25) is 19.6 Å². The molecule has 7 nitrogen and oxygen atoms in total. The van der Waals surface area contributed by atoms with Crippen molar-refractivity contribution in [2.75, 3.05) is 0 Å². The Labute approximate surface area is 443 Å². The minimum absolute atomic E-state index is 0. The fraction of sp³-hybridized carbons (Fsp3) is 0.234. The number of nitriles is 1. The van der Waals surface area contributed by atoms with Gasteiger partial charge in [0.05, 0.1) is 36.0 Å². The molecule has 0 spiro atoms. The molecule has 0 aliphatic rings. The first kappa shape index (κ1) is 50.8. The fourth-order valence-electron chi connectivity index (χ4n) is 10.0. The molecule has 6 aromatic carbocycles. The number of hydrogen-bond acceptors (Lipinski definition) is 6. The summed E-state index contributed by atoms with van der Waals surface area (Å²) in [6, 6.07) is 55.1. The average Bonchev–Trinajstić information content (AvgIpc) is 3.94. The van der Waals surface area contributed by atoms with E-state index in [1.54, 1.807) is 6.07 Å². The maximum atomic E-state index is 9.55. The molecule has 5 heterocycles. The van der Waals surface area contributed by atoms with Gasteiger partial charge in [0.1, 0.15) is 11.8 Å². The predicted octanol–water partition coefficient (Wildman–Crippen LogP) is 16.3. The second kappa shape index (κ2) is 20.1. The third-order valence-corrected chi connectivity index (χ3v) is 15.5. The van der Waals surface area contributed by atoms with Crippen molar-refractivity contribution in [3.8, 4) is 45.5 Å². The normalized spacial score (nSPS) is 11.9. The molecule has 0 atom stereocenters. The van der Waals surface area contributed by atoms with Gasteiger partial charge in [0.25, 0.3) is 0 Å². The minimum Gasteiger partial charge on any atom is -0.486 e. The van der Waals surface area contributed by atoms with Crippen LogP contribution in [-0.4, -0.2) is 32.6 Å². The summed E-state index contributed by atoms with van der Waals surface area (Å²) >= 11 is 0. The van der Waals surface area contributed by atoms with E-state index in [0.717, 1.165) is 67.3 Å². The first-order valence-corrected chi connectivity index (χ1v) is 28.5. The van der Waals surface area contributed by atoms with Crippen LogP contribution >= 0.6 is 0 Å².